The maximum absolute atomic E-state index is 4.99. The summed E-state index contributed by atoms with van der Waals surface area (Å²) in [5.41, 5.74) is 2.45. The van der Waals surface area contributed by atoms with Gasteiger partial charge >= 0.3 is 0 Å². The number of rotatable bonds is 7. The minimum absolute atomic E-state index is 0.779. The molecule has 0 saturated carbocycles. The lowest BCUT2D eigenvalue weighted by atomic mass is 10.1. The molecule has 0 aliphatic carbocycles. The number of nitrogens with zero attached hydrogens (tertiary/aromatic N) is 1. The van der Waals surface area contributed by atoms with Crippen LogP contribution in [-0.4, -0.2) is 31.8 Å². The van der Waals surface area contributed by atoms with Crippen LogP contribution in [-0.2, 0) is 11.2 Å². The number of pyridine rings is 1. The van der Waals surface area contributed by atoms with E-state index in [1.54, 1.807) is 7.11 Å². The first-order valence-electron chi connectivity index (χ1n) is 6.43. The first-order chi connectivity index (χ1) is 8.90. The van der Waals surface area contributed by atoms with Crippen molar-refractivity contribution in [1.82, 2.24) is 10.3 Å². The molecule has 0 aliphatic rings. The molecular weight excluding hydrogens is 224 g/mol. The van der Waals surface area contributed by atoms with Gasteiger partial charge in [-0.05, 0) is 43.1 Å². The normalized spacial score (nSPS) is 10.9. The minimum Gasteiger partial charge on any atom is -0.383 e. The largest absolute Gasteiger partial charge is 0.383 e. The van der Waals surface area contributed by atoms with Crippen molar-refractivity contribution in [2.45, 2.75) is 12.8 Å². The molecule has 18 heavy (non-hydrogen) atoms. The molecular formula is C15H20N2O. The van der Waals surface area contributed by atoms with Gasteiger partial charge in [-0.25, -0.2) is 0 Å². The highest BCUT2D eigenvalue weighted by atomic mass is 16.5. The van der Waals surface area contributed by atoms with Crippen molar-refractivity contribution in [2.75, 3.05) is 26.8 Å². The van der Waals surface area contributed by atoms with Gasteiger partial charge in [-0.1, -0.05) is 12.1 Å². The fourth-order valence-electron chi connectivity index (χ4n) is 2.00. The summed E-state index contributed by atoms with van der Waals surface area (Å²) in [7, 11) is 1.73. The van der Waals surface area contributed by atoms with E-state index >= 15 is 0 Å². The van der Waals surface area contributed by atoms with Crippen LogP contribution in [0.25, 0.3) is 10.9 Å². The predicted octanol–water partition coefficient (Wildman–Crippen LogP) is 2.40. The average molecular weight is 244 g/mol. The van der Waals surface area contributed by atoms with Crippen LogP contribution < -0.4 is 5.32 Å². The SMILES string of the molecule is COCCNCCCc1ccc2ncccc2c1. The van der Waals surface area contributed by atoms with Gasteiger partial charge < -0.3 is 10.1 Å². The molecule has 0 unspecified atom stereocenters. The molecule has 0 fully saturated rings. The number of aryl methyl sites for hydroxylation is 1. The topological polar surface area (TPSA) is 34.1 Å². The van der Waals surface area contributed by atoms with E-state index in [0.29, 0.717) is 0 Å². The predicted molar refractivity (Wildman–Crippen MR) is 74.8 cm³/mol. The Morgan fingerprint density at radius 3 is 3.06 bits per heavy atom. The van der Waals surface area contributed by atoms with Crippen molar-refractivity contribution >= 4 is 10.9 Å². The first-order valence-corrected chi connectivity index (χ1v) is 6.43. The molecule has 0 spiro atoms. The summed E-state index contributed by atoms with van der Waals surface area (Å²) in [5, 5.41) is 4.58. The summed E-state index contributed by atoms with van der Waals surface area (Å²) in [4.78, 5) is 4.33. The highest BCUT2D eigenvalue weighted by Crippen LogP contribution is 2.14. The molecule has 3 heteroatoms. The fourth-order valence-corrected chi connectivity index (χ4v) is 2.00. The van der Waals surface area contributed by atoms with Gasteiger partial charge in [0.25, 0.3) is 0 Å². The fraction of sp³-hybridized carbons (Fsp3) is 0.400. The third kappa shape index (κ3) is 3.79. The lowest BCUT2D eigenvalue weighted by molar-refractivity contribution is 0.199. The molecule has 2 rings (SSSR count). The van der Waals surface area contributed by atoms with Crippen LogP contribution in [0.2, 0.25) is 0 Å². The lowest BCUT2D eigenvalue weighted by Gasteiger charge is -2.05. The van der Waals surface area contributed by atoms with Gasteiger partial charge in [-0.3, -0.25) is 4.98 Å². The van der Waals surface area contributed by atoms with Gasteiger partial charge in [0.1, 0.15) is 0 Å². The molecule has 1 heterocycles. The van der Waals surface area contributed by atoms with Crippen molar-refractivity contribution in [3.05, 3.63) is 42.1 Å². The zero-order chi connectivity index (χ0) is 12.6. The van der Waals surface area contributed by atoms with Crippen LogP contribution in [0.1, 0.15) is 12.0 Å². The summed E-state index contributed by atoms with van der Waals surface area (Å²) in [5.74, 6) is 0. The Labute approximate surface area is 108 Å². The number of methoxy groups -OCH3 is 1. The molecule has 0 amide bonds. The van der Waals surface area contributed by atoms with E-state index in [0.717, 1.165) is 38.1 Å². The lowest BCUT2D eigenvalue weighted by Crippen LogP contribution is -2.20. The second-order valence-corrected chi connectivity index (χ2v) is 4.38. The van der Waals surface area contributed by atoms with E-state index in [2.05, 4.69) is 34.6 Å². The summed E-state index contributed by atoms with van der Waals surface area (Å²) in [6.07, 6.45) is 4.09. The maximum Gasteiger partial charge on any atom is 0.0702 e. The van der Waals surface area contributed by atoms with E-state index in [1.807, 2.05) is 12.3 Å². The van der Waals surface area contributed by atoms with Crippen LogP contribution >= 0.6 is 0 Å². The first kappa shape index (κ1) is 13.0. The molecule has 1 aromatic carbocycles. The standard InChI is InChI=1S/C15H20N2O/c1-18-11-10-16-8-2-4-13-6-7-15-14(12-13)5-3-9-17-15/h3,5-7,9,12,16H,2,4,8,10-11H2,1H3. The van der Waals surface area contributed by atoms with Gasteiger partial charge in [0.2, 0.25) is 0 Å². The van der Waals surface area contributed by atoms with Crippen LogP contribution in [0.4, 0.5) is 0 Å². The third-order valence-corrected chi connectivity index (χ3v) is 2.97. The van der Waals surface area contributed by atoms with Crippen molar-refractivity contribution in [1.29, 1.82) is 0 Å². The second kappa shape index (κ2) is 7.09. The van der Waals surface area contributed by atoms with Gasteiger partial charge in [0.05, 0.1) is 12.1 Å². The number of benzene rings is 1. The molecule has 0 saturated heterocycles. The zero-order valence-electron chi connectivity index (χ0n) is 10.9. The van der Waals surface area contributed by atoms with Gasteiger partial charge in [-0.2, -0.15) is 0 Å². The van der Waals surface area contributed by atoms with E-state index < -0.39 is 0 Å². The van der Waals surface area contributed by atoms with Gasteiger partial charge in [0, 0.05) is 25.2 Å². The molecule has 1 N–H and O–H groups in total. The number of hydrogen-bond acceptors (Lipinski definition) is 3. The maximum atomic E-state index is 4.99. The Balaban J connectivity index is 1.81. The summed E-state index contributed by atoms with van der Waals surface area (Å²) < 4.78 is 4.99. The van der Waals surface area contributed by atoms with Crippen LogP contribution in [0.5, 0.6) is 0 Å². The third-order valence-electron chi connectivity index (χ3n) is 2.97. The van der Waals surface area contributed by atoms with E-state index in [-0.39, 0.29) is 0 Å². The highest BCUT2D eigenvalue weighted by molar-refractivity contribution is 5.78. The molecule has 1 aromatic heterocycles. The smallest absolute Gasteiger partial charge is 0.0702 e. The summed E-state index contributed by atoms with van der Waals surface area (Å²) >= 11 is 0. The minimum atomic E-state index is 0.779. The van der Waals surface area contributed by atoms with Gasteiger partial charge in [-0.15, -0.1) is 0 Å². The van der Waals surface area contributed by atoms with E-state index in [1.165, 1.54) is 10.9 Å². The molecule has 0 bridgehead atoms. The van der Waals surface area contributed by atoms with Crippen molar-refractivity contribution in [3.8, 4) is 0 Å². The second-order valence-electron chi connectivity index (χ2n) is 4.38. The van der Waals surface area contributed by atoms with Crippen LogP contribution in [0.15, 0.2) is 36.5 Å². The summed E-state index contributed by atoms with van der Waals surface area (Å²) in [6.45, 7) is 2.74. The number of fused-ring (bicyclic) bond motifs is 1. The Hall–Kier alpha value is -1.45. The zero-order valence-corrected chi connectivity index (χ0v) is 10.9. The van der Waals surface area contributed by atoms with Crippen LogP contribution in [0.3, 0.4) is 0 Å². The number of nitrogens with one attached hydrogen (secondary N) is 1. The number of ether oxygens (including phenoxy) is 1. The molecule has 0 atom stereocenters. The average Bonchev–Trinajstić information content (AvgIpc) is 2.42. The van der Waals surface area contributed by atoms with E-state index in [4.69, 9.17) is 4.74 Å². The summed E-state index contributed by atoms with van der Waals surface area (Å²) in [6, 6.07) is 10.6. The Bertz CT molecular complexity index is 485. The van der Waals surface area contributed by atoms with Crippen molar-refractivity contribution in [3.63, 3.8) is 0 Å². The van der Waals surface area contributed by atoms with E-state index in [9.17, 15) is 0 Å². The van der Waals surface area contributed by atoms with Gasteiger partial charge in [0.15, 0.2) is 0 Å². The molecule has 3 nitrogen and oxygen atoms in total. The molecule has 0 aliphatic heterocycles. The number of hydrogen-bond donors (Lipinski definition) is 1. The molecule has 2 aromatic rings. The molecule has 96 valence electrons. The van der Waals surface area contributed by atoms with Crippen LogP contribution in [0, 0.1) is 0 Å². The Morgan fingerprint density at radius 1 is 1.22 bits per heavy atom. The Kier molecular flexibility index (Phi) is 5.12. The quantitative estimate of drug-likeness (QED) is 0.759. The Morgan fingerprint density at radius 2 is 2.17 bits per heavy atom. The number of aromatic nitrogens is 1. The van der Waals surface area contributed by atoms with Crippen molar-refractivity contribution < 1.29 is 4.74 Å². The monoisotopic (exact) mass is 244 g/mol. The van der Waals surface area contributed by atoms with Crippen molar-refractivity contribution in [2.24, 2.45) is 0 Å². The highest BCUT2D eigenvalue weighted by Gasteiger charge is 1.97. The molecule has 0 radical (unpaired) electrons.